The van der Waals surface area contributed by atoms with Crippen LogP contribution in [0.25, 0.3) is 10.9 Å². The molecular weight excluding hydrogens is 242 g/mol. The molecule has 2 rings (SSSR count). The van der Waals surface area contributed by atoms with Crippen LogP contribution in [0.2, 0.25) is 0 Å². The molecule has 1 aromatic heterocycles. The minimum Gasteiger partial charge on any atom is -0.488 e. The molecule has 102 valence electrons. The van der Waals surface area contributed by atoms with Gasteiger partial charge >= 0.3 is 0 Å². The van der Waals surface area contributed by atoms with Gasteiger partial charge in [0.1, 0.15) is 12.4 Å². The summed E-state index contributed by atoms with van der Waals surface area (Å²) in [4.78, 5) is 4.30. The molecule has 0 spiro atoms. The third kappa shape index (κ3) is 3.91. The van der Waals surface area contributed by atoms with E-state index in [0.717, 1.165) is 16.7 Å². The zero-order valence-corrected chi connectivity index (χ0v) is 11.3. The predicted molar refractivity (Wildman–Crippen MR) is 74.3 cm³/mol. The summed E-state index contributed by atoms with van der Waals surface area (Å²) in [5.74, 6) is 0.774. The number of aromatic nitrogens is 1. The summed E-state index contributed by atoms with van der Waals surface area (Å²) in [6, 6.07) is 9.79. The van der Waals surface area contributed by atoms with Crippen molar-refractivity contribution in [2.45, 2.75) is 20.1 Å². The maximum absolute atomic E-state index is 5.69. The van der Waals surface area contributed by atoms with Crippen LogP contribution in [0.1, 0.15) is 13.8 Å². The van der Waals surface area contributed by atoms with Crippen LogP contribution < -0.4 is 4.74 Å². The molecule has 0 aliphatic rings. The fourth-order valence-electron chi connectivity index (χ4n) is 1.82. The van der Waals surface area contributed by atoms with Gasteiger partial charge in [0, 0.05) is 30.9 Å². The van der Waals surface area contributed by atoms with E-state index in [0.29, 0.717) is 19.8 Å². The molecule has 1 aromatic carbocycles. The molecule has 2 aromatic rings. The molecule has 0 aliphatic heterocycles. The summed E-state index contributed by atoms with van der Waals surface area (Å²) in [6.45, 7) is 5.46. The Kier molecular flexibility index (Phi) is 5.12. The molecule has 0 saturated heterocycles. The Balaban J connectivity index is 2.00. The van der Waals surface area contributed by atoms with Crippen molar-refractivity contribution in [3.8, 4) is 5.75 Å². The van der Waals surface area contributed by atoms with Crippen molar-refractivity contribution in [2.75, 3.05) is 19.8 Å². The Labute approximate surface area is 113 Å². The molecule has 0 unspecified atom stereocenters. The first-order valence-corrected chi connectivity index (χ1v) is 6.54. The lowest BCUT2D eigenvalue weighted by atomic mass is 10.2. The highest BCUT2D eigenvalue weighted by Gasteiger charge is 2.09. The highest BCUT2D eigenvalue weighted by Crippen LogP contribution is 2.19. The van der Waals surface area contributed by atoms with Crippen molar-refractivity contribution in [3.63, 3.8) is 0 Å². The molecule has 0 radical (unpaired) electrons. The Morgan fingerprint density at radius 2 is 1.89 bits per heavy atom. The fourth-order valence-corrected chi connectivity index (χ4v) is 1.82. The molecule has 0 bridgehead atoms. The van der Waals surface area contributed by atoms with Gasteiger partial charge < -0.3 is 14.2 Å². The lowest BCUT2D eigenvalue weighted by Gasteiger charge is -2.17. The summed E-state index contributed by atoms with van der Waals surface area (Å²) in [5.41, 5.74) is 0.921. The van der Waals surface area contributed by atoms with E-state index in [-0.39, 0.29) is 6.29 Å². The normalized spacial score (nSPS) is 11.1. The van der Waals surface area contributed by atoms with Gasteiger partial charge in [0.05, 0.1) is 5.52 Å². The van der Waals surface area contributed by atoms with Gasteiger partial charge in [0.25, 0.3) is 0 Å². The Morgan fingerprint density at radius 3 is 2.63 bits per heavy atom. The van der Waals surface area contributed by atoms with Crippen molar-refractivity contribution in [1.82, 2.24) is 4.98 Å². The number of rotatable bonds is 7. The van der Waals surface area contributed by atoms with Gasteiger partial charge in [-0.05, 0) is 32.0 Å². The maximum atomic E-state index is 5.69. The average Bonchev–Trinajstić information content (AvgIpc) is 2.45. The minimum atomic E-state index is -0.325. The molecule has 0 aliphatic carbocycles. The third-order valence-electron chi connectivity index (χ3n) is 2.67. The number of benzene rings is 1. The Hall–Kier alpha value is -1.65. The van der Waals surface area contributed by atoms with Crippen LogP contribution in [0.5, 0.6) is 5.75 Å². The number of fused-ring (bicyclic) bond motifs is 1. The highest BCUT2D eigenvalue weighted by atomic mass is 16.7. The summed E-state index contributed by atoms with van der Waals surface area (Å²) in [7, 11) is 0. The van der Waals surface area contributed by atoms with Gasteiger partial charge in [-0.1, -0.05) is 6.07 Å². The van der Waals surface area contributed by atoms with Crippen LogP contribution in [0.4, 0.5) is 0 Å². The maximum Gasteiger partial charge on any atom is 0.191 e. The first kappa shape index (κ1) is 13.8. The standard InChI is InChI=1S/C15H19NO3/c1-3-17-15(18-4-2)11-19-13-8-7-12-6-5-9-16-14(12)10-13/h5-10,15H,3-4,11H2,1-2H3. The first-order chi connectivity index (χ1) is 9.33. The predicted octanol–water partition coefficient (Wildman–Crippen LogP) is 3.01. The summed E-state index contributed by atoms with van der Waals surface area (Å²) in [6.07, 6.45) is 1.45. The number of ether oxygens (including phenoxy) is 3. The molecule has 1 heterocycles. The van der Waals surface area contributed by atoms with Gasteiger partial charge in [0.2, 0.25) is 0 Å². The second-order valence-corrected chi connectivity index (χ2v) is 4.01. The fraction of sp³-hybridized carbons (Fsp3) is 0.400. The van der Waals surface area contributed by atoms with Gasteiger partial charge in [-0.15, -0.1) is 0 Å². The monoisotopic (exact) mass is 261 g/mol. The largest absolute Gasteiger partial charge is 0.488 e. The summed E-state index contributed by atoms with van der Waals surface area (Å²) in [5, 5.41) is 1.10. The minimum absolute atomic E-state index is 0.325. The SMILES string of the molecule is CCOC(COc1ccc2cccnc2c1)OCC. The molecule has 0 amide bonds. The molecule has 4 nitrogen and oxygen atoms in total. The summed E-state index contributed by atoms with van der Waals surface area (Å²) < 4.78 is 16.5. The summed E-state index contributed by atoms with van der Waals surface area (Å²) >= 11 is 0. The Morgan fingerprint density at radius 1 is 1.11 bits per heavy atom. The lowest BCUT2D eigenvalue weighted by molar-refractivity contribution is -0.152. The second-order valence-electron chi connectivity index (χ2n) is 4.01. The van der Waals surface area contributed by atoms with Crippen LogP contribution in [-0.4, -0.2) is 31.1 Å². The molecule has 0 atom stereocenters. The number of hydrogen-bond acceptors (Lipinski definition) is 4. The number of hydrogen-bond donors (Lipinski definition) is 0. The highest BCUT2D eigenvalue weighted by molar-refractivity contribution is 5.79. The average molecular weight is 261 g/mol. The topological polar surface area (TPSA) is 40.6 Å². The quantitative estimate of drug-likeness (QED) is 0.718. The van der Waals surface area contributed by atoms with Crippen molar-refractivity contribution in [3.05, 3.63) is 36.5 Å². The van der Waals surface area contributed by atoms with Gasteiger partial charge in [-0.3, -0.25) is 4.98 Å². The zero-order valence-electron chi connectivity index (χ0n) is 11.3. The van der Waals surface area contributed by atoms with E-state index in [1.807, 2.05) is 44.2 Å². The van der Waals surface area contributed by atoms with Crippen LogP contribution in [0, 0.1) is 0 Å². The van der Waals surface area contributed by atoms with E-state index in [1.165, 1.54) is 0 Å². The molecule has 0 saturated carbocycles. The van der Waals surface area contributed by atoms with Crippen LogP contribution >= 0.6 is 0 Å². The number of pyridine rings is 1. The Bertz CT molecular complexity index is 509. The molecule has 4 heteroatoms. The van der Waals surface area contributed by atoms with Gasteiger partial charge in [-0.25, -0.2) is 0 Å². The van der Waals surface area contributed by atoms with Crippen LogP contribution in [-0.2, 0) is 9.47 Å². The second kappa shape index (κ2) is 7.07. The van der Waals surface area contributed by atoms with Crippen LogP contribution in [0.3, 0.4) is 0 Å². The zero-order chi connectivity index (χ0) is 13.5. The smallest absolute Gasteiger partial charge is 0.191 e. The van der Waals surface area contributed by atoms with E-state index < -0.39 is 0 Å². The van der Waals surface area contributed by atoms with Crippen molar-refractivity contribution < 1.29 is 14.2 Å². The van der Waals surface area contributed by atoms with Crippen molar-refractivity contribution in [2.24, 2.45) is 0 Å². The van der Waals surface area contributed by atoms with Crippen molar-refractivity contribution >= 4 is 10.9 Å². The number of nitrogens with zero attached hydrogens (tertiary/aromatic N) is 1. The van der Waals surface area contributed by atoms with E-state index in [9.17, 15) is 0 Å². The third-order valence-corrected chi connectivity index (χ3v) is 2.67. The first-order valence-electron chi connectivity index (χ1n) is 6.54. The molecular formula is C15H19NO3. The van der Waals surface area contributed by atoms with E-state index >= 15 is 0 Å². The molecule has 0 fully saturated rings. The van der Waals surface area contributed by atoms with Gasteiger partial charge in [0.15, 0.2) is 6.29 Å². The molecule has 19 heavy (non-hydrogen) atoms. The van der Waals surface area contributed by atoms with Crippen LogP contribution in [0.15, 0.2) is 36.5 Å². The van der Waals surface area contributed by atoms with Gasteiger partial charge in [-0.2, -0.15) is 0 Å². The van der Waals surface area contributed by atoms with E-state index in [4.69, 9.17) is 14.2 Å². The van der Waals surface area contributed by atoms with Crippen molar-refractivity contribution in [1.29, 1.82) is 0 Å². The van der Waals surface area contributed by atoms with E-state index in [1.54, 1.807) is 6.20 Å². The molecule has 0 N–H and O–H groups in total. The lowest BCUT2D eigenvalue weighted by Crippen LogP contribution is -2.25. The van der Waals surface area contributed by atoms with E-state index in [2.05, 4.69) is 4.98 Å².